The number of hydrogen-bond acceptors (Lipinski definition) is 4. The van der Waals surface area contributed by atoms with Gasteiger partial charge in [-0.3, -0.25) is 4.90 Å². The van der Waals surface area contributed by atoms with Gasteiger partial charge in [0.1, 0.15) is 0 Å². The summed E-state index contributed by atoms with van der Waals surface area (Å²) in [5.74, 6) is 0.605. The topological polar surface area (TPSA) is 69.0 Å². The number of hydrogen-bond donors (Lipinski definition) is 1. The number of piperidine rings is 1. The lowest BCUT2D eigenvalue weighted by Gasteiger charge is -2.38. The van der Waals surface area contributed by atoms with Crippen LogP contribution in [0.2, 0.25) is 0 Å². The van der Waals surface area contributed by atoms with Crippen molar-refractivity contribution in [1.29, 1.82) is 0 Å². The molecule has 0 amide bonds. The first-order valence-electron chi connectivity index (χ1n) is 11.1. The van der Waals surface area contributed by atoms with E-state index in [1.807, 2.05) is 18.3 Å². The van der Waals surface area contributed by atoms with Gasteiger partial charge in [-0.05, 0) is 31.7 Å². The zero-order valence-corrected chi connectivity index (χ0v) is 18.9. The van der Waals surface area contributed by atoms with E-state index in [1.54, 1.807) is 8.61 Å². The SMILES string of the molecule is CCn1cc([C@@H](O)CN2CCN(S(=O)(=O)N3CCC(C)CC3)CC2)c2ccccc21. The fourth-order valence-corrected chi connectivity index (χ4v) is 6.29. The average molecular weight is 435 g/mol. The van der Waals surface area contributed by atoms with Crippen molar-refractivity contribution in [2.75, 3.05) is 45.8 Å². The van der Waals surface area contributed by atoms with Crippen LogP contribution < -0.4 is 0 Å². The first-order valence-corrected chi connectivity index (χ1v) is 12.5. The molecule has 0 spiro atoms. The summed E-state index contributed by atoms with van der Waals surface area (Å²) in [6, 6.07) is 8.17. The predicted molar refractivity (Wildman–Crippen MR) is 119 cm³/mol. The molecule has 0 bridgehead atoms. The second-order valence-electron chi connectivity index (χ2n) is 8.69. The molecule has 2 aliphatic rings. The van der Waals surface area contributed by atoms with Gasteiger partial charge in [0.15, 0.2) is 0 Å². The van der Waals surface area contributed by atoms with E-state index in [0.29, 0.717) is 51.7 Å². The van der Waals surface area contributed by atoms with Crippen LogP contribution in [0.5, 0.6) is 0 Å². The number of benzene rings is 1. The van der Waals surface area contributed by atoms with Crippen LogP contribution in [0.15, 0.2) is 30.5 Å². The molecule has 30 heavy (non-hydrogen) atoms. The Bertz CT molecular complexity index is 958. The highest BCUT2D eigenvalue weighted by atomic mass is 32.2. The minimum atomic E-state index is -3.37. The Kier molecular flexibility index (Phi) is 6.50. The number of aromatic nitrogens is 1. The number of nitrogens with zero attached hydrogens (tertiary/aromatic N) is 4. The number of para-hydroxylation sites is 1. The molecule has 1 aromatic heterocycles. The standard InChI is InChI=1S/C22H34N4O3S/c1-3-24-16-20(19-6-4-5-7-21(19)24)22(27)17-23-12-14-26(15-13-23)30(28,29)25-10-8-18(2)9-11-25/h4-7,16,18,22,27H,3,8-15,17H2,1-2H3/t22-/m0/s1. The van der Waals surface area contributed by atoms with Gasteiger partial charge in [-0.1, -0.05) is 25.1 Å². The Morgan fingerprint density at radius 2 is 1.67 bits per heavy atom. The first kappa shape index (κ1) is 21.8. The average Bonchev–Trinajstić information content (AvgIpc) is 3.13. The minimum absolute atomic E-state index is 0.484. The Balaban J connectivity index is 1.37. The normalized spacial score (nSPS) is 22.0. The highest BCUT2D eigenvalue weighted by Crippen LogP contribution is 2.28. The molecule has 2 aliphatic heterocycles. The van der Waals surface area contributed by atoms with Crippen molar-refractivity contribution in [2.24, 2.45) is 5.92 Å². The number of aliphatic hydroxyl groups excluding tert-OH is 1. The molecular weight excluding hydrogens is 400 g/mol. The maximum Gasteiger partial charge on any atom is 0.282 e. The van der Waals surface area contributed by atoms with Crippen molar-refractivity contribution in [2.45, 2.75) is 39.3 Å². The monoisotopic (exact) mass is 434 g/mol. The predicted octanol–water partition coefficient (Wildman–Crippen LogP) is 2.29. The lowest BCUT2D eigenvalue weighted by Crippen LogP contribution is -2.54. The van der Waals surface area contributed by atoms with E-state index in [1.165, 1.54) is 0 Å². The van der Waals surface area contributed by atoms with Gasteiger partial charge in [-0.15, -0.1) is 0 Å². The molecule has 4 rings (SSSR count). The van der Waals surface area contributed by atoms with Crippen LogP contribution >= 0.6 is 0 Å². The third kappa shape index (κ3) is 4.29. The lowest BCUT2D eigenvalue weighted by atomic mass is 10.0. The Hall–Kier alpha value is -1.45. The van der Waals surface area contributed by atoms with Gasteiger partial charge in [0.05, 0.1) is 6.10 Å². The lowest BCUT2D eigenvalue weighted by molar-refractivity contribution is 0.0910. The maximum atomic E-state index is 13.0. The molecule has 0 unspecified atom stereocenters. The van der Waals surface area contributed by atoms with Gasteiger partial charge < -0.3 is 9.67 Å². The van der Waals surface area contributed by atoms with Gasteiger partial charge in [0.2, 0.25) is 0 Å². The molecule has 0 saturated carbocycles. The summed E-state index contributed by atoms with van der Waals surface area (Å²) in [6.07, 6.45) is 3.34. The van der Waals surface area contributed by atoms with E-state index in [9.17, 15) is 13.5 Å². The Morgan fingerprint density at radius 1 is 1.03 bits per heavy atom. The summed E-state index contributed by atoms with van der Waals surface area (Å²) in [6.45, 7) is 9.19. The zero-order chi connectivity index (χ0) is 21.3. The van der Waals surface area contributed by atoms with Crippen molar-refractivity contribution >= 4 is 21.1 Å². The van der Waals surface area contributed by atoms with Crippen molar-refractivity contribution in [1.82, 2.24) is 18.1 Å². The zero-order valence-electron chi connectivity index (χ0n) is 18.1. The van der Waals surface area contributed by atoms with E-state index < -0.39 is 16.3 Å². The van der Waals surface area contributed by atoms with Crippen LogP contribution in [0.3, 0.4) is 0 Å². The molecule has 166 valence electrons. The molecule has 1 atom stereocenters. The molecule has 1 N–H and O–H groups in total. The van der Waals surface area contributed by atoms with Crippen LogP contribution in [0, 0.1) is 5.92 Å². The molecule has 2 fully saturated rings. The number of piperazine rings is 1. The smallest absolute Gasteiger partial charge is 0.282 e. The van der Waals surface area contributed by atoms with Gasteiger partial charge >= 0.3 is 0 Å². The highest BCUT2D eigenvalue weighted by Gasteiger charge is 2.34. The summed E-state index contributed by atoms with van der Waals surface area (Å²) >= 11 is 0. The summed E-state index contributed by atoms with van der Waals surface area (Å²) in [4.78, 5) is 2.17. The molecule has 1 aromatic carbocycles. The highest BCUT2D eigenvalue weighted by molar-refractivity contribution is 7.86. The van der Waals surface area contributed by atoms with Crippen molar-refractivity contribution in [3.63, 3.8) is 0 Å². The fraction of sp³-hybridized carbons (Fsp3) is 0.636. The van der Waals surface area contributed by atoms with Crippen LogP contribution in [0.1, 0.15) is 38.4 Å². The third-order valence-electron chi connectivity index (χ3n) is 6.68. The number of β-amino-alcohol motifs (C(OH)–C–C–N with tert-alkyl or cyclic N) is 1. The molecular formula is C22H34N4O3S. The first-order chi connectivity index (χ1) is 14.4. The second kappa shape index (κ2) is 8.96. The van der Waals surface area contributed by atoms with Crippen molar-refractivity contribution in [3.05, 3.63) is 36.0 Å². The maximum absolute atomic E-state index is 13.0. The van der Waals surface area contributed by atoms with E-state index in [0.717, 1.165) is 35.9 Å². The molecule has 0 radical (unpaired) electrons. The quantitative estimate of drug-likeness (QED) is 0.757. The van der Waals surface area contributed by atoms with E-state index >= 15 is 0 Å². The fourth-order valence-electron chi connectivity index (χ4n) is 4.67. The Labute approximate surface area is 180 Å². The van der Waals surface area contributed by atoms with Gasteiger partial charge in [0, 0.05) is 75.0 Å². The minimum Gasteiger partial charge on any atom is -0.387 e. The second-order valence-corrected chi connectivity index (χ2v) is 10.6. The van der Waals surface area contributed by atoms with Crippen LogP contribution in [-0.2, 0) is 16.8 Å². The van der Waals surface area contributed by atoms with Gasteiger partial charge in [0.25, 0.3) is 10.2 Å². The molecule has 2 aromatic rings. The molecule has 3 heterocycles. The molecule has 7 nitrogen and oxygen atoms in total. The van der Waals surface area contributed by atoms with E-state index in [2.05, 4.69) is 35.4 Å². The number of rotatable bonds is 6. The summed E-state index contributed by atoms with van der Waals surface area (Å²) in [5, 5.41) is 12.0. The van der Waals surface area contributed by atoms with Crippen molar-refractivity contribution < 1.29 is 13.5 Å². The molecule has 8 heteroatoms. The van der Waals surface area contributed by atoms with Gasteiger partial charge in [-0.25, -0.2) is 0 Å². The van der Waals surface area contributed by atoms with E-state index in [-0.39, 0.29) is 0 Å². The van der Waals surface area contributed by atoms with Crippen LogP contribution in [0.4, 0.5) is 0 Å². The van der Waals surface area contributed by atoms with E-state index in [4.69, 9.17) is 0 Å². The largest absolute Gasteiger partial charge is 0.387 e. The molecule has 0 aliphatic carbocycles. The molecule has 2 saturated heterocycles. The Morgan fingerprint density at radius 3 is 2.33 bits per heavy atom. The van der Waals surface area contributed by atoms with Crippen LogP contribution in [-0.4, -0.2) is 77.4 Å². The summed E-state index contributed by atoms with van der Waals surface area (Å²) in [5.41, 5.74) is 2.09. The summed E-state index contributed by atoms with van der Waals surface area (Å²) < 4.78 is 31.4. The van der Waals surface area contributed by atoms with Crippen LogP contribution in [0.25, 0.3) is 10.9 Å². The van der Waals surface area contributed by atoms with Crippen molar-refractivity contribution in [3.8, 4) is 0 Å². The number of fused-ring (bicyclic) bond motifs is 1. The van der Waals surface area contributed by atoms with Gasteiger partial charge in [-0.2, -0.15) is 17.0 Å². The summed E-state index contributed by atoms with van der Waals surface area (Å²) in [7, 11) is -3.37. The third-order valence-corrected chi connectivity index (χ3v) is 8.71. The number of aliphatic hydroxyl groups is 1. The number of aryl methyl sites for hydroxylation is 1.